The Morgan fingerprint density at radius 3 is 2.71 bits per heavy atom. The van der Waals surface area contributed by atoms with E-state index in [-0.39, 0.29) is 0 Å². The number of pyridine rings is 1. The normalized spacial score (nSPS) is 12.3. The van der Waals surface area contributed by atoms with Gasteiger partial charge in [-0.25, -0.2) is 0 Å². The number of para-hydroxylation sites is 1. The van der Waals surface area contributed by atoms with E-state index in [9.17, 15) is 5.11 Å². The average Bonchev–Trinajstić information content (AvgIpc) is 2.55. The third-order valence-corrected chi connectivity index (χ3v) is 3.36. The van der Waals surface area contributed by atoms with Gasteiger partial charge >= 0.3 is 0 Å². The van der Waals surface area contributed by atoms with Crippen LogP contribution in [0.4, 0.5) is 0 Å². The van der Waals surface area contributed by atoms with Gasteiger partial charge in [0.1, 0.15) is 6.10 Å². The van der Waals surface area contributed by atoms with Crippen LogP contribution in [0.1, 0.15) is 17.4 Å². The van der Waals surface area contributed by atoms with E-state index in [4.69, 9.17) is 4.74 Å². The van der Waals surface area contributed by atoms with Crippen LogP contribution in [0.25, 0.3) is 10.9 Å². The highest BCUT2D eigenvalue weighted by atomic mass is 16.5. The summed E-state index contributed by atoms with van der Waals surface area (Å²) in [5.74, 6) is 0.431. The van der Waals surface area contributed by atoms with Gasteiger partial charge in [-0.15, -0.1) is 10.2 Å². The molecule has 0 saturated heterocycles. The molecule has 106 valence electrons. The van der Waals surface area contributed by atoms with Crippen LogP contribution in [-0.2, 0) is 6.42 Å². The molecule has 2 aromatic heterocycles. The number of aliphatic hydroxyl groups excluding tert-OH is 1. The van der Waals surface area contributed by atoms with Crippen molar-refractivity contribution in [1.82, 2.24) is 15.2 Å². The van der Waals surface area contributed by atoms with Gasteiger partial charge < -0.3 is 9.84 Å². The van der Waals surface area contributed by atoms with Gasteiger partial charge in [-0.3, -0.25) is 4.98 Å². The number of ether oxygens (including phenoxy) is 1. The van der Waals surface area contributed by atoms with E-state index in [2.05, 4.69) is 15.2 Å². The van der Waals surface area contributed by atoms with Crippen molar-refractivity contribution in [3.63, 3.8) is 0 Å². The van der Waals surface area contributed by atoms with E-state index in [0.717, 1.165) is 16.5 Å². The summed E-state index contributed by atoms with van der Waals surface area (Å²) >= 11 is 0. The Morgan fingerprint density at radius 2 is 1.95 bits per heavy atom. The molecule has 1 N–H and O–H groups in total. The molecule has 0 bridgehead atoms. The predicted molar refractivity (Wildman–Crippen MR) is 79.0 cm³/mol. The molecule has 1 atom stereocenters. The molecule has 5 nitrogen and oxygen atoms in total. The highest BCUT2D eigenvalue weighted by Gasteiger charge is 2.13. The zero-order valence-corrected chi connectivity index (χ0v) is 11.6. The number of hydrogen-bond donors (Lipinski definition) is 1. The van der Waals surface area contributed by atoms with Crippen molar-refractivity contribution < 1.29 is 9.84 Å². The molecule has 1 unspecified atom stereocenters. The fourth-order valence-corrected chi connectivity index (χ4v) is 2.26. The molecular weight excluding hydrogens is 266 g/mol. The van der Waals surface area contributed by atoms with Crippen LogP contribution in [0, 0.1) is 0 Å². The minimum Gasteiger partial charge on any atom is -0.480 e. The molecule has 21 heavy (non-hydrogen) atoms. The molecule has 5 heteroatoms. The summed E-state index contributed by atoms with van der Waals surface area (Å²) in [5.41, 5.74) is 2.48. The summed E-state index contributed by atoms with van der Waals surface area (Å²) in [5, 5.41) is 19.2. The highest BCUT2D eigenvalue weighted by molar-refractivity contribution is 5.81. The number of benzene rings is 1. The van der Waals surface area contributed by atoms with Crippen molar-refractivity contribution in [2.45, 2.75) is 12.5 Å². The van der Waals surface area contributed by atoms with Crippen LogP contribution >= 0.6 is 0 Å². The van der Waals surface area contributed by atoms with Crippen molar-refractivity contribution >= 4 is 10.9 Å². The second kappa shape index (κ2) is 5.85. The van der Waals surface area contributed by atoms with Gasteiger partial charge in [0.25, 0.3) is 0 Å². The Balaban J connectivity index is 1.87. The van der Waals surface area contributed by atoms with Gasteiger partial charge in [0.05, 0.1) is 18.3 Å². The number of hydrogen-bond acceptors (Lipinski definition) is 5. The van der Waals surface area contributed by atoms with Crippen molar-refractivity contribution in [2.24, 2.45) is 0 Å². The lowest BCUT2D eigenvalue weighted by Gasteiger charge is -2.11. The summed E-state index contributed by atoms with van der Waals surface area (Å²) in [6.45, 7) is 0. The third kappa shape index (κ3) is 2.83. The summed E-state index contributed by atoms with van der Waals surface area (Å²) in [7, 11) is 1.53. The number of methoxy groups -OCH3 is 1. The average molecular weight is 281 g/mol. The first-order valence-corrected chi connectivity index (χ1v) is 6.66. The lowest BCUT2D eigenvalue weighted by Crippen LogP contribution is -2.06. The molecule has 0 aliphatic rings. The lowest BCUT2D eigenvalue weighted by atomic mass is 10.0. The third-order valence-electron chi connectivity index (χ3n) is 3.36. The van der Waals surface area contributed by atoms with Crippen molar-refractivity contribution in [2.75, 3.05) is 7.11 Å². The van der Waals surface area contributed by atoms with Gasteiger partial charge in [-0.05, 0) is 23.8 Å². The van der Waals surface area contributed by atoms with E-state index < -0.39 is 6.10 Å². The number of rotatable bonds is 4. The van der Waals surface area contributed by atoms with Crippen LogP contribution in [0.2, 0.25) is 0 Å². The maximum absolute atomic E-state index is 10.3. The van der Waals surface area contributed by atoms with Gasteiger partial charge in [0, 0.05) is 24.1 Å². The van der Waals surface area contributed by atoms with Crippen LogP contribution in [0.15, 0.2) is 48.7 Å². The highest BCUT2D eigenvalue weighted by Crippen LogP contribution is 2.22. The monoisotopic (exact) mass is 281 g/mol. The molecule has 0 fully saturated rings. The zero-order valence-electron chi connectivity index (χ0n) is 11.6. The van der Waals surface area contributed by atoms with Crippen molar-refractivity contribution in [3.8, 4) is 5.88 Å². The largest absolute Gasteiger partial charge is 0.480 e. The lowest BCUT2D eigenvalue weighted by molar-refractivity contribution is 0.172. The van der Waals surface area contributed by atoms with Crippen LogP contribution in [0.3, 0.4) is 0 Å². The minimum absolute atomic E-state index is 0.431. The Bertz CT molecular complexity index is 739. The fraction of sp³-hybridized carbons (Fsp3) is 0.188. The molecule has 0 aliphatic carbocycles. The maximum atomic E-state index is 10.3. The fourth-order valence-electron chi connectivity index (χ4n) is 2.26. The molecule has 1 aromatic carbocycles. The van der Waals surface area contributed by atoms with Gasteiger partial charge in [-0.2, -0.15) is 0 Å². The van der Waals surface area contributed by atoms with Gasteiger partial charge in [-0.1, -0.05) is 18.2 Å². The standard InChI is InChI=1S/C16H15N3O2/c1-21-16-7-6-14(18-19-16)15(20)10-11-8-9-17-13-5-3-2-4-12(11)13/h2-9,15,20H,10H2,1H3. The van der Waals surface area contributed by atoms with Gasteiger partial charge in [0.15, 0.2) is 0 Å². The quantitative estimate of drug-likeness (QED) is 0.794. The first kappa shape index (κ1) is 13.5. The van der Waals surface area contributed by atoms with E-state index in [1.807, 2.05) is 30.3 Å². The Kier molecular flexibility index (Phi) is 3.75. The van der Waals surface area contributed by atoms with Crippen LogP contribution in [-0.4, -0.2) is 27.4 Å². The topological polar surface area (TPSA) is 68.1 Å². The van der Waals surface area contributed by atoms with E-state index in [1.165, 1.54) is 7.11 Å². The van der Waals surface area contributed by atoms with E-state index >= 15 is 0 Å². The number of aromatic nitrogens is 3. The van der Waals surface area contributed by atoms with E-state index in [0.29, 0.717) is 18.0 Å². The SMILES string of the molecule is COc1ccc(C(O)Cc2ccnc3ccccc23)nn1. The summed E-state index contributed by atoms with van der Waals surface area (Å²) in [4.78, 5) is 4.32. The first-order chi connectivity index (χ1) is 10.3. The summed E-state index contributed by atoms with van der Waals surface area (Å²) < 4.78 is 4.96. The Labute approximate surface area is 122 Å². The number of nitrogens with zero attached hydrogens (tertiary/aromatic N) is 3. The van der Waals surface area contributed by atoms with E-state index in [1.54, 1.807) is 18.3 Å². The molecular formula is C16H15N3O2. The van der Waals surface area contributed by atoms with Crippen molar-refractivity contribution in [3.05, 3.63) is 59.9 Å². The second-order valence-corrected chi connectivity index (χ2v) is 4.71. The van der Waals surface area contributed by atoms with Crippen LogP contribution < -0.4 is 4.74 Å². The Morgan fingerprint density at radius 1 is 1.10 bits per heavy atom. The molecule has 0 radical (unpaired) electrons. The molecule has 3 rings (SSSR count). The molecule has 0 aliphatic heterocycles. The molecule has 0 spiro atoms. The predicted octanol–water partition coefficient (Wildman–Crippen LogP) is 2.31. The van der Waals surface area contributed by atoms with Crippen LogP contribution in [0.5, 0.6) is 5.88 Å². The number of aliphatic hydroxyl groups is 1. The molecule has 2 heterocycles. The number of fused-ring (bicyclic) bond motifs is 1. The zero-order chi connectivity index (χ0) is 14.7. The first-order valence-electron chi connectivity index (χ1n) is 6.66. The molecule has 0 saturated carbocycles. The molecule has 0 amide bonds. The minimum atomic E-state index is -0.714. The second-order valence-electron chi connectivity index (χ2n) is 4.71. The smallest absolute Gasteiger partial charge is 0.233 e. The maximum Gasteiger partial charge on any atom is 0.233 e. The Hall–Kier alpha value is -2.53. The summed E-state index contributed by atoms with van der Waals surface area (Å²) in [6, 6.07) is 13.2. The van der Waals surface area contributed by atoms with Gasteiger partial charge in [0.2, 0.25) is 5.88 Å². The van der Waals surface area contributed by atoms with Crippen molar-refractivity contribution in [1.29, 1.82) is 0 Å². The molecule has 3 aromatic rings. The summed E-state index contributed by atoms with van der Waals surface area (Å²) in [6.07, 6.45) is 1.50.